The van der Waals surface area contributed by atoms with Gasteiger partial charge in [-0.05, 0) is 20.8 Å². The van der Waals surface area contributed by atoms with E-state index >= 15 is 0 Å². The normalized spacial score (nSPS) is 15.5. The van der Waals surface area contributed by atoms with E-state index in [1.165, 1.54) is 12.5 Å². The van der Waals surface area contributed by atoms with Gasteiger partial charge in [-0.2, -0.15) is 13.2 Å². The summed E-state index contributed by atoms with van der Waals surface area (Å²) in [5, 5.41) is 10.8. The zero-order valence-corrected chi connectivity index (χ0v) is 10.8. The Balaban J connectivity index is 2.89. The number of carbonyl (C=O) groups is 1. The Hall–Kier alpha value is -1.57. The van der Waals surface area contributed by atoms with Crippen LogP contribution in [-0.2, 0) is 11.3 Å². The first-order valence-electron chi connectivity index (χ1n) is 5.65. The van der Waals surface area contributed by atoms with E-state index in [0.717, 1.165) is 0 Å². The first kappa shape index (κ1) is 15.5. The summed E-state index contributed by atoms with van der Waals surface area (Å²) in [5.41, 5.74) is -2.49. The summed E-state index contributed by atoms with van der Waals surface area (Å²) in [6.07, 6.45) is -1.99. The molecule has 1 heterocycles. The summed E-state index contributed by atoms with van der Waals surface area (Å²) in [5.74, 6) is -1.96. The van der Waals surface area contributed by atoms with E-state index in [1.54, 1.807) is 4.57 Å². The Morgan fingerprint density at radius 3 is 2.53 bits per heavy atom. The third-order valence-corrected chi connectivity index (χ3v) is 2.92. The van der Waals surface area contributed by atoms with Gasteiger partial charge in [0.25, 0.3) is 0 Å². The molecule has 1 aromatic heterocycles. The number of carboxylic acids is 1. The smallest absolute Gasteiger partial charge is 0.417 e. The van der Waals surface area contributed by atoms with Crippen LogP contribution in [0.5, 0.6) is 0 Å². The highest BCUT2D eigenvalue weighted by molar-refractivity contribution is 5.79. The quantitative estimate of drug-likeness (QED) is 0.864. The summed E-state index contributed by atoms with van der Waals surface area (Å²) in [4.78, 5) is 14.7. The third-order valence-electron chi connectivity index (χ3n) is 2.92. The standard InChI is InChI=1S/C11H16F3N3O2/c1-7(2)17-6-15-4-8(17)5-16-10(3,9(18)19)11(12,13)14/h4,6-7,16H,5H2,1-3H3,(H,18,19). The molecule has 1 aromatic rings. The van der Waals surface area contributed by atoms with Crippen molar-refractivity contribution in [3.8, 4) is 0 Å². The largest absolute Gasteiger partial charge is 0.480 e. The van der Waals surface area contributed by atoms with Crippen LogP contribution in [0, 0.1) is 0 Å². The van der Waals surface area contributed by atoms with Crippen molar-refractivity contribution in [3.63, 3.8) is 0 Å². The summed E-state index contributed by atoms with van der Waals surface area (Å²) in [6, 6.07) is 0.0290. The van der Waals surface area contributed by atoms with Gasteiger partial charge in [0.1, 0.15) is 0 Å². The molecule has 0 aliphatic heterocycles. The lowest BCUT2D eigenvalue weighted by atomic mass is 10.0. The molecule has 1 unspecified atom stereocenters. The Morgan fingerprint density at radius 1 is 1.53 bits per heavy atom. The van der Waals surface area contributed by atoms with Gasteiger partial charge < -0.3 is 9.67 Å². The summed E-state index contributed by atoms with van der Waals surface area (Å²) >= 11 is 0. The van der Waals surface area contributed by atoms with Gasteiger partial charge in [0.05, 0.1) is 12.0 Å². The molecule has 0 saturated heterocycles. The monoisotopic (exact) mass is 279 g/mol. The maximum atomic E-state index is 12.8. The minimum Gasteiger partial charge on any atom is -0.480 e. The number of aliphatic carboxylic acids is 1. The maximum Gasteiger partial charge on any atom is 0.417 e. The minimum absolute atomic E-state index is 0.0290. The van der Waals surface area contributed by atoms with Crippen LogP contribution in [0.1, 0.15) is 32.5 Å². The van der Waals surface area contributed by atoms with Crippen molar-refractivity contribution in [2.45, 2.75) is 45.1 Å². The lowest BCUT2D eigenvalue weighted by Gasteiger charge is -2.29. The van der Waals surface area contributed by atoms with E-state index in [1.807, 2.05) is 19.2 Å². The number of aromatic nitrogens is 2. The van der Waals surface area contributed by atoms with Crippen molar-refractivity contribution >= 4 is 5.97 Å². The molecule has 0 aliphatic carbocycles. The average Bonchev–Trinajstić information content (AvgIpc) is 2.71. The molecule has 5 nitrogen and oxygen atoms in total. The number of rotatable bonds is 5. The molecule has 8 heteroatoms. The number of nitrogens with zero attached hydrogens (tertiary/aromatic N) is 2. The number of nitrogens with one attached hydrogen (secondary N) is 1. The van der Waals surface area contributed by atoms with E-state index < -0.39 is 17.7 Å². The molecule has 0 aromatic carbocycles. The van der Waals surface area contributed by atoms with Crippen LogP contribution in [0.15, 0.2) is 12.5 Å². The van der Waals surface area contributed by atoms with Crippen molar-refractivity contribution in [1.29, 1.82) is 0 Å². The van der Waals surface area contributed by atoms with Crippen molar-refractivity contribution < 1.29 is 23.1 Å². The number of alkyl halides is 3. The van der Waals surface area contributed by atoms with Crippen molar-refractivity contribution in [2.24, 2.45) is 0 Å². The predicted octanol–water partition coefficient (Wildman–Crippen LogP) is 1.96. The first-order chi connectivity index (χ1) is 8.59. The highest BCUT2D eigenvalue weighted by Gasteiger charge is 2.57. The first-order valence-corrected chi connectivity index (χ1v) is 5.65. The maximum absolute atomic E-state index is 12.8. The number of hydrogen-bond acceptors (Lipinski definition) is 3. The molecular weight excluding hydrogens is 263 g/mol. The van der Waals surface area contributed by atoms with Crippen LogP contribution in [0.3, 0.4) is 0 Å². The van der Waals surface area contributed by atoms with Gasteiger partial charge in [-0.15, -0.1) is 0 Å². The lowest BCUT2D eigenvalue weighted by molar-refractivity contribution is -0.206. The number of hydrogen-bond donors (Lipinski definition) is 2. The second kappa shape index (κ2) is 5.20. The molecule has 108 valence electrons. The summed E-state index contributed by atoms with van der Waals surface area (Å²) in [7, 11) is 0. The fourth-order valence-electron chi connectivity index (χ4n) is 1.50. The van der Waals surface area contributed by atoms with Gasteiger partial charge in [0, 0.05) is 18.8 Å². The molecule has 0 fully saturated rings. The highest BCUT2D eigenvalue weighted by atomic mass is 19.4. The van der Waals surface area contributed by atoms with Crippen LogP contribution in [0.2, 0.25) is 0 Å². The van der Waals surface area contributed by atoms with Crippen LogP contribution < -0.4 is 5.32 Å². The predicted molar refractivity (Wildman–Crippen MR) is 61.5 cm³/mol. The van der Waals surface area contributed by atoms with Gasteiger partial charge in [-0.3, -0.25) is 5.32 Å². The zero-order valence-electron chi connectivity index (χ0n) is 10.8. The molecule has 1 atom stereocenters. The van der Waals surface area contributed by atoms with Crippen molar-refractivity contribution in [2.75, 3.05) is 0 Å². The van der Waals surface area contributed by atoms with E-state index in [4.69, 9.17) is 5.11 Å². The molecule has 19 heavy (non-hydrogen) atoms. The molecule has 1 rings (SSSR count). The number of halogens is 3. The van der Waals surface area contributed by atoms with Crippen LogP contribution in [-0.4, -0.2) is 32.3 Å². The fraction of sp³-hybridized carbons (Fsp3) is 0.636. The Bertz CT molecular complexity index is 456. The van der Waals surface area contributed by atoms with Gasteiger partial charge in [-0.25, -0.2) is 9.78 Å². The molecule has 2 N–H and O–H groups in total. The van der Waals surface area contributed by atoms with Gasteiger partial charge >= 0.3 is 12.1 Å². The fourth-order valence-corrected chi connectivity index (χ4v) is 1.50. The molecule has 0 spiro atoms. The van der Waals surface area contributed by atoms with Crippen LogP contribution >= 0.6 is 0 Å². The molecule has 0 bridgehead atoms. The summed E-state index contributed by atoms with van der Waals surface area (Å²) < 4.78 is 40.0. The van der Waals surface area contributed by atoms with Crippen LogP contribution in [0.4, 0.5) is 13.2 Å². The zero-order chi connectivity index (χ0) is 14.8. The topological polar surface area (TPSA) is 67.2 Å². The van der Waals surface area contributed by atoms with E-state index in [0.29, 0.717) is 12.6 Å². The number of imidazole rings is 1. The summed E-state index contributed by atoms with van der Waals surface area (Å²) in [6.45, 7) is 4.07. The molecule has 0 saturated carbocycles. The van der Waals surface area contributed by atoms with E-state index in [-0.39, 0.29) is 12.6 Å². The van der Waals surface area contributed by atoms with Gasteiger partial charge in [-0.1, -0.05) is 0 Å². The minimum atomic E-state index is -4.89. The number of carboxylic acid groups (broad SMARTS) is 1. The van der Waals surface area contributed by atoms with Crippen molar-refractivity contribution in [1.82, 2.24) is 14.9 Å². The average molecular weight is 279 g/mol. The Morgan fingerprint density at radius 2 is 2.11 bits per heavy atom. The van der Waals surface area contributed by atoms with Gasteiger partial charge in [0.2, 0.25) is 5.54 Å². The highest BCUT2D eigenvalue weighted by Crippen LogP contribution is 2.30. The molecule has 0 amide bonds. The van der Waals surface area contributed by atoms with Gasteiger partial charge in [0.15, 0.2) is 0 Å². The van der Waals surface area contributed by atoms with E-state index in [2.05, 4.69) is 4.98 Å². The van der Waals surface area contributed by atoms with E-state index in [9.17, 15) is 18.0 Å². The SMILES string of the molecule is CC(C)n1cncc1CNC(C)(C(=O)O)C(F)(F)F. The van der Waals surface area contributed by atoms with Crippen molar-refractivity contribution in [3.05, 3.63) is 18.2 Å². The molecule has 0 aliphatic rings. The van der Waals surface area contributed by atoms with Crippen LogP contribution in [0.25, 0.3) is 0 Å². The lowest BCUT2D eigenvalue weighted by Crippen LogP contribution is -2.59. The second-order valence-electron chi connectivity index (χ2n) is 4.67. The Kier molecular flexibility index (Phi) is 4.24. The molecule has 0 radical (unpaired) electrons. The third kappa shape index (κ3) is 3.06. The molecular formula is C11H16F3N3O2. The second-order valence-corrected chi connectivity index (χ2v) is 4.67. The Labute approximate surface area is 108 Å².